The summed E-state index contributed by atoms with van der Waals surface area (Å²) < 4.78 is 38.3. The average Bonchev–Trinajstić information content (AvgIpc) is 2.56. The van der Waals surface area contributed by atoms with Gasteiger partial charge in [0.1, 0.15) is 0 Å². The fourth-order valence-electron chi connectivity index (χ4n) is 2.54. The average molecular weight is 380 g/mol. The van der Waals surface area contributed by atoms with Crippen LogP contribution in [0, 0.1) is 6.92 Å². The van der Waals surface area contributed by atoms with Gasteiger partial charge in [0.2, 0.25) is 11.8 Å². The molecule has 0 spiro atoms. The van der Waals surface area contributed by atoms with Crippen LogP contribution in [0.3, 0.4) is 0 Å². The van der Waals surface area contributed by atoms with E-state index in [-0.39, 0.29) is 18.0 Å². The van der Waals surface area contributed by atoms with E-state index >= 15 is 0 Å². The molecular formula is C18H15F3N2O2S. The molecule has 1 heterocycles. The SMILES string of the molecule is Cc1ccccc1NC(=O)CC1Sc2ccc(C(F)(F)F)cc2NC1=O. The molecule has 0 saturated heterocycles. The number of aryl methyl sites for hydroxylation is 1. The summed E-state index contributed by atoms with van der Waals surface area (Å²) in [5, 5.41) is 4.51. The Bertz CT molecular complexity index is 868. The summed E-state index contributed by atoms with van der Waals surface area (Å²) in [7, 11) is 0. The minimum Gasteiger partial charge on any atom is -0.326 e. The molecule has 0 radical (unpaired) electrons. The molecule has 3 rings (SSSR count). The number of amides is 2. The van der Waals surface area contributed by atoms with Crippen molar-refractivity contribution in [2.75, 3.05) is 10.6 Å². The number of hydrogen-bond donors (Lipinski definition) is 2. The molecule has 8 heteroatoms. The number of rotatable bonds is 3. The predicted octanol–water partition coefficient (Wildman–Crippen LogP) is 4.46. The van der Waals surface area contributed by atoms with Crippen molar-refractivity contribution in [3.63, 3.8) is 0 Å². The van der Waals surface area contributed by atoms with Gasteiger partial charge in [-0.25, -0.2) is 0 Å². The Labute approximate surface area is 152 Å². The van der Waals surface area contributed by atoms with E-state index in [1.165, 1.54) is 6.07 Å². The summed E-state index contributed by atoms with van der Waals surface area (Å²) in [4.78, 5) is 24.9. The molecule has 1 aliphatic rings. The Morgan fingerprint density at radius 2 is 1.96 bits per heavy atom. The Morgan fingerprint density at radius 3 is 2.65 bits per heavy atom. The van der Waals surface area contributed by atoms with E-state index in [1.54, 1.807) is 12.1 Å². The number of alkyl halides is 3. The van der Waals surface area contributed by atoms with Crippen LogP contribution in [-0.4, -0.2) is 17.1 Å². The standard InChI is InChI=1S/C18H15F3N2O2S/c1-10-4-2-3-5-12(10)22-16(24)9-15-17(25)23-13-8-11(18(19,20)21)6-7-14(13)26-15/h2-8,15H,9H2,1H3,(H,22,24)(H,23,25). The number of carbonyl (C=O) groups is 2. The molecule has 1 aliphatic heterocycles. The fraction of sp³-hybridized carbons (Fsp3) is 0.222. The fourth-order valence-corrected chi connectivity index (χ4v) is 3.63. The minimum absolute atomic E-state index is 0.0781. The second-order valence-corrected chi connectivity index (χ2v) is 7.12. The van der Waals surface area contributed by atoms with E-state index < -0.39 is 22.9 Å². The summed E-state index contributed by atoms with van der Waals surface area (Å²) in [6, 6.07) is 10.4. The molecule has 4 nitrogen and oxygen atoms in total. The maximum atomic E-state index is 12.8. The Morgan fingerprint density at radius 1 is 1.23 bits per heavy atom. The molecule has 26 heavy (non-hydrogen) atoms. The van der Waals surface area contributed by atoms with Crippen molar-refractivity contribution in [1.82, 2.24) is 0 Å². The number of benzene rings is 2. The van der Waals surface area contributed by atoms with E-state index in [0.717, 1.165) is 29.5 Å². The van der Waals surface area contributed by atoms with Gasteiger partial charge >= 0.3 is 6.18 Å². The van der Waals surface area contributed by atoms with Crippen molar-refractivity contribution in [3.8, 4) is 0 Å². The summed E-state index contributed by atoms with van der Waals surface area (Å²) in [6.45, 7) is 1.85. The first kappa shape index (κ1) is 18.3. The number of fused-ring (bicyclic) bond motifs is 1. The highest BCUT2D eigenvalue weighted by Gasteiger charge is 2.34. The maximum absolute atomic E-state index is 12.8. The molecule has 1 atom stereocenters. The lowest BCUT2D eigenvalue weighted by molar-refractivity contribution is -0.137. The van der Waals surface area contributed by atoms with Gasteiger partial charge in [0.05, 0.1) is 16.5 Å². The van der Waals surface area contributed by atoms with E-state index in [1.807, 2.05) is 19.1 Å². The Balaban J connectivity index is 1.70. The van der Waals surface area contributed by atoms with E-state index in [0.29, 0.717) is 10.6 Å². The Kier molecular flexibility index (Phi) is 4.95. The van der Waals surface area contributed by atoms with Crippen LogP contribution >= 0.6 is 11.8 Å². The van der Waals surface area contributed by atoms with E-state index in [2.05, 4.69) is 10.6 Å². The first-order chi connectivity index (χ1) is 12.2. The van der Waals surface area contributed by atoms with Crippen molar-refractivity contribution in [2.45, 2.75) is 29.7 Å². The summed E-state index contributed by atoms with van der Waals surface area (Å²) in [5.74, 6) is -0.816. The molecule has 1 unspecified atom stereocenters. The third-order valence-corrected chi connectivity index (χ3v) is 5.19. The maximum Gasteiger partial charge on any atom is 0.416 e. The molecule has 0 saturated carbocycles. The van der Waals surface area contributed by atoms with Gasteiger partial charge in [0.25, 0.3) is 0 Å². The van der Waals surface area contributed by atoms with Gasteiger partial charge in [0, 0.05) is 17.0 Å². The van der Waals surface area contributed by atoms with E-state index in [9.17, 15) is 22.8 Å². The lowest BCUT2D eigenvalue weighted by Crippen LogP contribution is -2.32. The van der Waals surface area contributed by atoms with Crippen LogP contribution in [0.4, 0.5) is 24.5 Å². The first-order valence-electron chi connectivity index (χ1n) is 7.78. The van der Waals surface area contributed by atoms with Crippen molar-refractivity contribution in [2.24, 2.45) is 0 Å². The van der Waals surface area contributed by atoms with E-state index in [4.69, 9.17) is 0 Å². The third-order valence-electron chi connectivity index (χ3n) is 3.92. The smallest absolute Gasteiger partial charge is 0.326 e. The molecule has 2 aromatic rings. The van der Waals surface area contributed by atoms with Gasteiger partial charge in [-0.1, -0.05) is 18.2 Å². The summed E-state index contributed by atoms with van der Waals surface area (Å²) in [5.41, 5.74) is 0.846. The number of hydrogen-bond acceptors (Lipinski definition) is 3. The molecule has 0 fully saturated rings. The Hall–Kier alpha value is -2.48. The summed E-state index contributed by atoms with van der Waals surface area (Å²) >= 11 is 1.09. The van der Waals surface area contributed by atoms with Crippen LogP contribution in [0.15, 0.2) is 47.4 Å². The van der Waals surface area contributed by atoms with Gasteiger partial charge in [-0.15, -0.1) is 11.8 Å². The first-order valence-corrected chi connectivity index (χ1v) is 8.66. The number of nitrogens with one attached hydrogen (secondary N) is 2. The third kappa shape index (κ3) is 4.01. The zero-order valence-corrected chi connectivity index (χ0v) is 14.5. The number of halogens is 3. The lowest BCUT2D eigenvalue weighted by atomic mass is 10.1. The van der Waals surface area contributed by atoms with Crippen LogP contribution in [0.5, 0.6) is 0 Å². The topological polar surface area (TPSA) is 58.2 Å². The van der Waals surface area contributed by atoms with Crippen LogP contribution in [0.2, 0.25) is 0 Å². The lowest BCUT2D eigenvalue weighted by Gasteiger charge is -2.24. The second kappa shape index (κ2) is 7.03. The minimum atomic E-state index is -4.48. The molecular weight excluding hydrogens is 365 g/mol. The molecule has 136 valence electrons. The number of carbonyl (C=O) groups excluding carboxylic acids is 2. The van der Waals surface area contributed by atoms with Crippen LogP contribution in [0.25, 0.3) is 0 Å². The number of anilines is 2. The van der Waals surface area contributed by atoms with Crippen molar-refractivity contribution >= 4 is 35.0 Å². The summed E-state index contributed by atoms with van der Waals surface area (Å²) in [6.07, 6.45) is -4.56. The highest BCUT2D eigenvalue weighted by Crippen LogP contribution is 2.40. The van der Waals surface area contributed by atoms with Crippen LogP contribution < -0.4 is 10.6 Å². The predicted molar refractivity (Wildman–Crippen MR) is 94.1 cm³/mol. The van der Waals surface area contributed by atoms with Crippen LogP contribution in [0.1, 0.15) is 17.5 Å². The molecule has 2 N–H and O–H groups in total. The van der Waals surface area contributed by atoms with Gasteiger partial charge in [-0.3, -0.25) is 9.59 Å². The van der Waals surface area contributed by atoms with Crippen molar-refractivity contribution in [3.05, 3.63) is 53.6 Å². The number of thioether (sulfide) groups is 1. The second-order valence-electron chi connectivity index (χ2n) is 5.87. The molecule has 0 aliphatic carbocycles. The molecule has 2 aromatic carbocycles. The van der Waals surface area contributed by atoms with Crippen molar-refractivity contribution < 1.29 is 22.8 Å². The zero-order valence-electron chi connectivity index (χ0n) is 13.7. The molecule has 0 aromatic heterocycles. The number of para-hydroxylation sites is 1. The highest BCUT2D eigenvalue weighted by molar-refractivity contribution is 8.01. The zero-order chi connectivity index (χ0) is 18.9. The quantitative estimate of drug-likeness (QED) is 0.827. The normalized spacial score (nSPS) is 16.6. The largest absolute Gasteiger partial charge is 0.416 e. The molecule has 2 amide bonds. The van der Waals surface area contributed by atoms with Crippen LogP contribution in [-0.2, 0) is 15.8 Å². The molecule has 0 bridgehead atoms. The van der Waals surface area contributed by atoms with Gasteiger partial charge < -0.3 is 10.6 Å². The van der Waals surface area contributed by atoms with Gasteiger partial charge in [0.15, 0.2) is 0 Å². The van der Waals surface area contributed by atoms with Gasteiger partial charge in [-0.2, -0.15) is 13.2 Å². The van der Waals surface area contributed by atoms with Gasteiger partial charge in [-0.05, 0) is 36.8 Å². The highest BCUT2D eigenvalue weighted by atomic mass is 32.2. The van der Waals surface area contributed by atoms with Crippen molar-refractivity contribution in [1.29, 1.82) is 0 Å². The monoisotopic (exact) mass is 380 g/mol.